The highest BCUT2D eigenvalue weighted by atomic mass is 16.5. The molecule has 5 nitrogen and oxygen atoms in total. The zero-order valence-electron chi connectivity index (χ0n) is 25.2. The van der Waals surface area contributed by atoms with E-state index in [1.165, 1.54) is 38.5 Å². The number of carbonyl (C=O) groups is 2. The monoisotopic (exact) mass is 560 g/mol. The predicted octanol–water partition coefficient (Wildman–Crippen LogP) is 9.31. The summed E-state index contributed by atoms with van der Waals surface area (Å²) in [5.41, 5.74) is 1.37. The second-order valence-corrected chi connectivity index (χ2v) is 11.2. The van der Waals surface area contributed by atoms with Crippen LogP contribution in [0, 0.1) is 0 Å². The molecule has 1 aliphatic carbocycles. The van der Waals surface area contributed by atoms with E-state index in [-0.39, 0.29) is 12.5 Å². The Kier molecular flexibility index (Phi) is 13.2. The molecule has 0 saturated heterocycles. The van der Waals surface area contributed by atoms with Gasteiger partial charge < -0.3 is 14.6 Å². The Morgan fingerprint density at radius 3 is 2.20 bits per heavy atom. The van der Waals surface area contributed by atoms with Crippen molar-refractivity contribution in [2.24, 2.45) is 0 Å². The molecule has 0 amide bonds. The zero-order chi connectivity index (χ0) is 29.5. The molecule has 0 spiro atoms. The second kappa shape index (κ2) is 16.8. The first kappa shape index (κ1) is 32.2. The van der Waals surface area contributed by atoms with Gasteiger partial charge in [-0.15, -0.1) is 0 Å². The van der Waals surface area contributed by atoms with Gasteiger partial charge in [0, 0.05) is 0 Å². The van der Waals surface area contributed by atoms with Crippen LogP contribution in [0.5, 0.6) is 5.75 Å². The molecule has 0 saturated carbocycles. The Labute approximate surface area is 246 Å². The van der Waals surface area contributed by atoms with Crippen molar-refractivity contribution in [1.82, 2.24) is 0 Å². The molecule has 0 aromatic heterocycles. The van der Waals surface area contributed by atoms with Gasteiger partial charge in [0.25, 0.3) is 0 Å². The molecule has 2 unspecified atom stereocenters. The molecule has 0 bridgehead atoms. The van der Waals surface area contributed by atoms with Crippen LogP contribution in [0.25, 0.3) is 5.57 Å². The van der Waals surface area contributed by atoms with E-state index in [1.54, 1.807) is 30.3 Å². The minimum atomic E-state index is -1.34. The number of hydrogen-bond donors (Lipinski definition) is 1. The van der Waals surface area contributed by atoms with Crippen LogP contribution >= 0.6 is 0 Å². The highest BCUT2D eigenvalue weighted by molar-refractivity contribution is 5.97. The van der Waals surface area contributed by atoms with Crippen LogP contribution < -0.4 is 4.74 Å². The molecule has 2 aromatic carbocycles. The van der Waals surface area contributed by atoms with Crippen molar-refractivity contribution < 1.29 is 24.2 Å². The summed E-state index contributed by atoms with van der Waals surface area (Å²) in [6.07, 6.45) is 18.1. The lowest BCUT2D eigenvalue weighted by atomic mass is 9.72. The first-order valence-corrected chi connectivity index (χ1v) is 15.6. The summed E-state index contributed by atoms with van der Waals surface area (Å²) in [6, 6.07) is 14.9. The number of allylic oxidation sites excluding steroid dienone is 3. The van der Waals surface area contributed by atoms with Gasteiger partial charge in [-0.25, -0.2) is 4.79 Å². The van der Waals surface area contributed by atoms with Crippen molar-refractivity contribution in [3.05, 3.63) is 83.4 Å². The first-order valence-electron chi connectivity index (χ1n) is 15.6. The van der Waals surface area contributed by atoms with E-state index in [4.69, 9.17) is 9.47 Å². The van der Waals surface area contributed by atoms with Crippen LogP contribution in [0.15, 0.2) is 66.8 Å². The number of carbonyl (C=O) groups excluding carboxylic acids is 1. The van der Waals surface area contributed by atoms with Crippen LogP contribution in [0.1, 0.15) is 119 Å². The maximum absolute atomic E-state index is 13.2. The number of rotatable bonds is 18. The van der Waals surface area contributed by atoms with Gasteiger partial charge in [-0.05, 0) is 67.5 Å². The smallest absolute Gasteiger partial charge is 0.338 e. The topological polar surface area (TPSA) is 72.8 Å². The minimum Gasteiger partial charge on any atom is -0.494 e. The van der Waals surface area contributed by atoms with Crippen LogP contribution in [0.4, 0.5) is 0 Å². The summed E-state index contributed by atoms with van der Waals surface area (Å²) in [7, 11) is 0. The van der Waals surface area contributed by atoms with Gasteiger partial charge in [-0.1, -0.05) is 114 Å². The van der Waals surface area contributed by atoms with Crippen molar-refractivity contribution in [2.75, 3.05) is 6.61 Å². The molecular weight excluding hydrogens is 512 g/mol. The van der Waals surface area contributed by atoms with E-state index in [0.29, 0.717) is 17.7 Å². The van der Waals surface area contributed by atoms with Gasteiger partial charge in [0.1, 0.15) is 11.2 Å². The third kappa shape index (κ3) is 9.34. The van der Waals surface area contributed by atoms with Gasteiger partial charge in [0.05, 0.1) is 18.3 Å². The number of aliphatic carboxylic acids is 1. The Morgan fingerprint density at radius 2 is 1.54 bits per heavy atom. The molecular formula is C36H48O5. The lowest BCUT2D eigenvalue weighted by Gasteiger charge is -2.30. The number of esters is 1. The minimum absolute atomic E-state index is 0.223. The van der Waals surface area contributed by atoms with Crippen molar-refractivity contribution in [2.45, 2.75) is 109 Å². The predicted molar refractivity (Wildman–Crippen MR) is 166 cm³/mol. The van der Waals surface area contributed by atoms with Gasteiger partial charge >= 0.3 is 11.9 Å². The molecule has 0 heterocycles. The fourth-order valence-electron chi connectivity index (χ4n) is 5.36. The van der Waals surface area contributed by atoms with Crippen LogP contribution in [0.3, 0.4) is 0 Å². The molecule has 0 radical (unpaired) electrons. The average molecular weight is 561 g/mol. The molecule has 0 aliphatic heterocycles. The molecule has 1 N–H and O–H groups in total. The molecule has 3 rings (SSSR count). The second-order valence-electron chi connectivity index (χ2n) is 11.2. The van der Waals surface area contributed by atoms with Crippen molar-refractivity contribution >= 4 is 17.5 Å². The molecule has 2 aromatic rings. The molecule has 2 atom stereocenters. The summed E-state index contributed by atoms with van der Waals surface area (Å²) < 4.78 is 11.7. The van der Waals surface area contributed by atoms with Gasteiger partial charge in [-0.2, -0.15) is 0 Å². The number of hydrogen-bond acceptors (Lipinski definition) is 4. The van der Waals surface area contributed by atoms with Crippen LogP contribution in [-0.4, -0.2) is 29.8 Å². The summed E-state index contributed by atoms with van der Waals surface area (Å²) in [5.74, 6) is -0.617. The first-order chi connectivity index (χ1) is 19.9. The average Bonchev–Trinajstić information content (AvgIpc) is 2.99. The van der Waals surface area contributed by atoms with Crippen LogP contribution in [-0.2, 0) is 14.9 Å². The van der Waals surface area contributed by atoms with E-state index < -0.39 is 17.4 Å². The standard InChI is InChI=1S/C36H48O5/c1-4-6-8-10-11-15-27-40-31-21-19-29(20-22-31)30-23-25-36(26-24-30,35(38)39)33-18-14-13-17-32(33)34(37)41-28(3)16-12-9-7-5-2/h13-14,17-25,28H,4-12,15-16,26-27H2,1-3H3,(H,38,39). The van der Waals surface area contributed by atoms with Gasteiger partial charge in [0.15, 0.2) is 0 Å². The Morgan fingerprint density at radius 1 is 0.878 bits per heavy atom. The summed E-state index contributed by atoms with van der Waals surface area (Å²) in [6.45, 7) is 7.01. The fourth-order valence-corrected chi connectivity index (χ4v) is 5.36. The van der Waals surface area contributed by atoms with Crippen LogP contribution in [0.2, 0.25) is 0 Å². The van der Waals surface area contributed by atoms with Crippen molar-refractivity contribution in [1.29, 1.82) is 0 Å². The lowest BCUT2D eigenvalue weighted by Crippen LogP contribution is -2.36. The summed E-state index contributed by atoms with van der Waals surface area (Å²) in [4.78, 5) is 25.9. The number of carboxylic acids is 1. The molecule has 0 fully saturated rings. The Bertz CT molecular complexity index is 1160. The summed E-state index contributed by atoms with van der Waals surface area (Å²) >= 11 is 0. The van der Waals surface area contributed by atoms with E-state index in [2.05, 4.69) is 13.8 Å². The number of carboxylic acid groups (broad SMARTS) is 1. The van der Waals surface area contributed by atoms with Gasteiger partial charge in [0.2, 0.25) is 0 Å². The van der Waals surface area contributed by atoms with E-state index in [1.807, 2.05) is 43.3 Å². The quantitative estimate of drug-likeness (QED) is 0.145. The molecule has 5 heteroatoms. The Balaban J connectivity index is 1.65. The number of unbranched alkanes of at least 4 members (excludes halogenated alkanes) is 8. The van der Waals surface area contributed by atoms with E-state index >= 15 is 0 Å². The van der Waals surface area contributed by atoms with E-state index in [0.717, 1.165) is 49.0 Å². The number of ether oxygens (including phenoxy) is 2. The maximum atomic E-state index is 13.2. The largest absolute Gasteiger partial charge is 0.494 e. The van der Waals surface area contributed by atoms with Crippen molar-refractivity contribution in [3.63, 3.8) is 0 Å². The molecule has 41 heavy (non-hydrogen) atoms. The fraction of sp³-hybridized carbons (Fsp3) is 0.500. The Hall–Kier alpha value is -3.34. The third-order valence-electron chi connectivity index (χ3n) is 7.93. The zero-order valence-corrected chi connectivity index (χ0v) is 25.2. The maximum Gasteiger partial charge on any atom is 0.338 e. The number of benzene rings is 2. The summed E-state index contributed by atoms with van der Waals surface area (Å²) in [5, 5.41) is 10.4. The van der Waals surface area contributed by atoms with Crippen molar-refractivity contribution in [3.8, 4) is 5.75 Å². The highest BCUT2D eigenvalue weighted by Gasteiger charge is 2.41. The normalized spacial score (nSPS) is 17.1. The highest BCUT2D eigenvalue weighted by Crippen LogP contribution is 2.39. The SMILES string of the molecule is CCCCCCCCOc1ccc(C2=CCC(C(=O)O)(c3ccccc3C(=O)OC(C)CCCCCC)C=C2)cc1. The third-order valence-corrected chi connectivity index (χ3v) is 7.93. The lowest BCUT2D eigenvalue weighted by molar-refractivity contribution is -0.141. The van der Waals surface area contributed by atoms with Gasteiger partial charge in [-0.3, -0.25) is 4.79 Å². The van der Waals surface area contributed by atoms with E-state index in [9.17, 15) is 14.7 Å². The molecule has 1 aliphatic rings. The molecule has 222 valence electrons.